The highest BCUT2D eigenvalue weighted by Gasteiger charge is 2.36. The molecular formula is C25H17Br2N3O5. The summed E-state index contributed by atoms with van der Waals surface area (Å²) in [6.07, 6.45) is 1.38. The Morgan fingerprint density at radius 2 is 1.54 bits per heavy atom. The van der Waals surface area contributed by atoms with Gasteiger partial charge in [-0.25, -0.2) is 9.69 Å². The number of ether oxygens (including phenoxy) is 1. The molecule has 35 heavy (non-hydrogen) atoms. The lowest BCUT2D eigenvalue weighted by molar-refractivity contribution is -0.122. The maximum Gasteiger partial charge on any atom is 0.335 e. The number of benzene rings is 3. The molecule has 8 nitrogen and oxygen atoms in total. The number of imide groups is 2. The number of carbonyl (C=O) groups excluding carboxylic acids is 4. The van der Waals surface area contributed by atoms with Gasteiger partial charge in [-0.3, -0.25) is 19.7 Å². The van der Waals surface area contributed by atoms with Crippen molar-refractivity contribution in [3.63, 3.8) is 0 Å². The van der Waals surface area contributed by atoms with Crippen molar-refractivity contribution in [3.8, 4) is 5.75 Å². The van der Waals surface area contributed by atoms with Gasteiger partial charge in [-0.05, 0) is 79.9 Å². The molecule has 0 radical (unpaired) electrons. The highest BCUT2D eigenvalue weighted by molar-refractivity contribution is 9.11. The van der Waals surface area contributed by atoms with Crippen molar-refractivity contribution in [2.24, 2.45) is 0 Å². The average molecular weight is 599 g/mol. The quantitative estimate of drug-likeness (QED) is 0.310. The monoisotopic (exact) mass is 597 g/mol. The van der Waals surface area contributed by atoms with E-state index < -0.39 is 17.8 Å². The van der Waals surface area contributed by atoms with Crippen LogP contribution in [0.4, 0.5) is 16.2 Å². The molecule has 0 aliphatic carbocycles. The van der Waals surface area contributed by atoms with Crippen LogP contribution in [0.1, 0.15) is 5.56 Å². The number of urea groups is 1. The lowest BCUT2D eigenvalue weighted by Crippen LogP contribution is -2.54. The molecule has 5 amide bonds. The molecular weight excluding hydrogens is 582 g/mol. The average Bonchev–Trinajstić information content (AvgIpc) is 2.82. The molecule has 4 rings (SSSR count). The summed E-state index contributed by atoms with van der Waals surface area (Å²) in [5, 5.41) is 4.92. The van der Waals surface area contributed by atoms with Gasteiger partial charge in [0.1, 0.15) is 11.3 Å². The van der Waals surface area contributed by atoms with Gasteiger partial charge >= 0.3 is 6.03 Å². The zero-order chi connectivity index (χ0) is 24.9. The smallest absolute Gasteiger partial charge is 0.335 e. The first-order valence-electron chi connectivity index (χ1n) is 10.3. The summed E-state index contributed by atoms with van der Waals surface area (Å²) < 4.78 is 6.64. The van der Waals surface area contributed by atoms with Crippen LogP contribution in [-0.2, 0) is 14.4 Å². The van der Waals surface area contributed by atoms with Crippen LogP contribution in [0.15, 0.2) is 87.3 Å². The van der Waals surface area contributed by atoms with Crippen LogP contribution in [0.25, 0.3) is 6.08 Å². The Balaban J connectivity index is 1.52. The second kappa shape index (κ2) is 10.7. The Morgan fingerprint density at radius 1 is 0.943 bits per heavy atom. The summed E-state index contributed by atoms with van der Waals surface area (Å²) in [5.74, 6) is -1.50. The summed E-state index contributed by atoms with van der Waals surface area (Å²) in [4.78, 5) is 50.8. The van der Waals surface area contributed by atoms with E-state index >= 15 is 0 Å². The van der Waals surface area contributed by atoms with E-state index in [9.17, 15) is 19.2 Å². The second-order valence-electron chi connectivity index (χ2n) is 7.31. The normalized spacial score (nSPS) is 14.6. The van der Waals surface area contributed by atoms with E-state index in [2.05, 4.69) is 42.5 Å². The molecule has 10 heteroatoms. The molecule has 0 spiro atoms. The first-order chi connectivity index (χ1) is 16.8. The van der Waals surface area contributed by atoms with Crippen LogP contribution in [0.3, 0.4) is 0 Å². The summed E-state index contributed by atoms with van der Waals surface area (Å²) in [6, 6.07) is 19.7. The van der Waals surface area contributed by atoms with Gasteiger partial charge in [-0.15, -0.1) is 0 Å². The SMILES string of the molecule is O=C(COc1c(Br)cc(/C=C2/C(=O)NC(=O)N(c3ccccc3)C2=O)cc1Br)Nc1ccccc1. The standard InChI is InChI=1S/C25H17Br2N3O5/c26-19-12-15(13-20(27)22(19)35-14-21(31)28-16-7-3-1-4-8-16)11-18-23(32)29-25(34)30(24(18)33)17-9-5-2-6-10-17/h1-13H,14H2,(H,28,31)(H,29,32,34)/b18-11-. The van der Waals surface area contributed by atoms with Crippen molar-refractivity contribution >= 4 is 73.1 Å². The lowest BCUT2D eigenvalue weighted by Gasteiger charge is -2.26. The Labute approximate surface area is 217 Å². The zero-order valence-electron chi connectivity index (χ0n) is 18.0. The van der Waals surface area contributed by atoms with Crippen LogP contribution in [0.2, 0.25) is 0 Å². The molecule has 3 aromatic carbocycles. The molecule has 3 aromatic rings. The van der Waals surface area contributed by atoms with Gasteiger partial charge in [0.25, 0.3) is 17.7 Å². The zero-order valence-corrected chi connectivity index (χ0v) is 21.1. The maximum atomic E-state index is 13.0. The number of halogens is 2. The van der Waals surface area contributed by atoms with Gasteiger partial charge in [0.2, 0.25) is 0 Å². The van der Waals surface area contributed by atoms with E-state index in [-0.39, 0.29) is 18.1 Å². The van der Waals surface area contributed by atoms with Crippen LogP contribution in [-0.4, -0.2) is 30.4 Å². The van der Waals surface area contributed by atoms with Crippen molar-refractivity contribution in [2.45, 2.75) is 0 Å². The molecule has 0 bridgehead atoms. The predicted molar refractivity (Wildman–Crippen MR) is 138 cm³/mol. The maximum absolute atomic E-state index is 13.0. The van der Waals surface area contributed by atoms with Crippen molar-refractivity contribution < 1.29 is 23.9 Å². The fourth-order valence-electron chi connectivity index (χ4n) is 3.29. The minimum Gasteiger partial charge on any atom is -0.481 e. The molecule has 1 aliphatic rings. The molecule has 1 saturated heterocycles. The minimum atomic E-state index is -0.816. The number of para-hydroxylation sites is 2. The molecule has 1 aliphatic heterocycles. The Hall–Kier alpha value is -3.76. The summed E-state index contributed by atoms with van der Waals surface area (Å²) in [6.45, 7) is -0.235. The first-order valence-corrected chi connectivity index (χ1v) is 11.9. The van der Waals surface area contributed by atoms with Gasteiger partial charge in [0.15, 0.2) is 6.61 Å². The third-order valence-corrected chi connectivity index (χ3v) is 6.03. The van der Waals surface area contributed by atoms with Crippen molar-refractivity contribution in [2.75, 3.05) is 16.8 Å². The Kier molecular flexibility index (Phi) is 7.42. The third kappa shape index (κ3) is 5.67. The molecule has 0 aromatic heterocycles. The number of barbiturate groups is 1. The Morgan fingerprint density at radius 3 is 2.17 bits per heavy atom. The van der Waals surface area contributed by atoms with Crippen molar-refractivity contribution in [1.29, 1.82) is 0 Å². The van der Waals surface area contributed by atoms with Gasteiger partial charge < -0.3 is 10.1 Å². The van der Waals surface area contributed by atoms with E-state index in [1.807, 2.05) is 18.2 Å². The number of nitrogens with zero attached hydrogens (tertiary/aromatic N) is 1. The first kappa shape index (κ1) is 24.4. The molecule has 176 valence electrons. The van der Waals surface area contributed by atoms with Crippen LogP contribution in [0.5, 0.6) is 5.75 Å². The van der Waals surface area contributed by atoms with E-state index in [4.69, 9.17) is 4.74 Å². The highest BCUT2D eigenvalue weighted by Crippen LogP contribution is 2.36. The summed E-state index contributed by atoms with van der Waals surface area (Å²) >= 11 is 6.80. The van der Waals surface area contributed by atoms with Crippen LogP contribution >= 0.6 is 31.9 Å². The van der Waals surface area contributed by atoms with Gasteiger partial charge in [-0.1, -0.05) is 36.4 Å². The minimum absolute atomic E-state index is 0.205. The number of rotatable bonds is 6. The fraction of sp³-hybridized carbons (Fsp3) is 0.0400. The highest BCUT2D eigenvalue weighted by atomic mass is 79.9. The fourth-order valence-corrected chi connectivity index (χ4v) is 4.74. The molecule has 1 heterocycles. The largest absolute Gasteiger partial charge is 0.481 e. The lowest BCUT2D eigenvalue weighted by atomic mass is 10.1. The Bertz CT molecular complexity index is 1320. The van der Waals surface area contributed by atoms with Gasteiger partial charge in [0.05, 0.1) is 14.6 Å². The van der Waals surface area contributed by atoms with Crippen LogP contribution < -0.4 is 20.3 Å². The second-order valence-corrected chi connectivity index (χ2v) is 9.02. The molecule has 0 unspecified atom stereocenters. The topological polar surface area (TPSA) is 105 Å². The number of carbonyl (C=O) groups is 4. The van der Waals surface area contributed by atoms with Crippen LogP contribution in [0, 0.1) is 0 Å². The predicted octanol–water partition coefficient (Wildman–Crippen LogP) is 4.90. The number of hydrogen-bond donors (Lipinski definition) is 2. The third-order valence-electron chi connectivity index (χ3n) is 4.85. The van der Waals surface area contributed by atoms with E-state index in [1.54, 1.807) is 54.6 Å². The van der Waals surface area contributed by atoms with Gasteiger partial charge in [-0.2, -0.15) is 0 Å². The van der Waals surface area contributed by atoms with E-state index in [0.717, 1.165) is 4.90 Å². The van der Waals surface area contributed by atoms with Gasteiger partial charge in [0, 0.05) is 5.69 Å². The molecule has 2 N–H and O–H groups in total. The molecule has 1 fully saturated rings. The van der Waals surface area contributed by atoms with E-state index in [1.165, 1.54) is 6.08 Å². The number of amides is 5. The number of hydrogen-bond acceptors (Lipinski definition) is 5. The van der Waals surface area contributed by atoms with Crippen molar-refractivity contribution in [3.05, 3.63) is 92.9 Å². The molecule has 0 saturated carbocycles. The molecule has 0 atom stereocenters. The summed E-state index contributed by atoms with van der Waals surface area (Å²) in [7, 11) is 0. The summed E-state index contributed by atoms with van der Waals surface area (Å²) in [5.41, 5.74) is 1.28. The van der Waals surface area contributed by atoms with Crippen molar-refractivity contribution in [1.82, 2.24) is 5.32 Å². The van der Waals surface area contributed by atoms with E-state index in [0.29, 0.717) is 31.6 Å². The number of nitrogens with one attached hydrogen (secondary N) is 2. The number of anilines is 2.